The molecule has 0 radical (unpaired) electrons. The summed E-state index contributed by atoms with van der Waals surface area (Å²) in [5.41, 5.74) is 0.155. The first-order chi connectivity index (χ1) is 11.9. The first-order valence-electron chi connectivity index (χ1n) is 6.69. The molecule has 25 heavy (non-hydrogen) atoms. The summed E-state index contributed by atoms with van der Waals surface area (Å²) in [5, 5.41) is 4.18. The van der Waals surface area contributed by atoms with E-state index < -0.39 is 21.9 Å². The van der Waals surface area contributed by atoms with Crippen molar-refractivity contribution in [3.8, 4) is 0 Å². The van der Waals surface area contributed by atoms with Crippen molar-refractivity contribution < 1.29 is 12.8 Å². The normalized spacial score (nSPS) is 11.8. The summed E-state index contributed by atoms with van der Waals surface area (Å²) < 4.78 is 41.5. The lowest BCUT2D eigenvalue weighted by atomic mass is 10.3. The minimum atomic E-state index is -4.17. The molecule has 0 fully saturated rings. The molecule has 1 aromatic carbocycles. The third-order valence-electron chi connectivity index (χ3n) is 3.10. The fourth-order valence-electron chi connectivity index (χ4n) is 1.97. The predicted molar refractivity (Wildman–Crippen MR) is 94.6 cm³/mol. The summed E-state index contributed by atoms with van der Waals surface area (Å²) in [6, 6.07) is 6.03. The average Bonchev–Trinajstić information content (AvgIpc) is 3.02. The minimum absolute atomic E-state index is 0.0205. The van der Waals surface area contributed by atoms with Crippen molar-refractivity contribution in [1.29, 1.82) is 0 Å². The maximum absolute atomic E-state index is 12.9. The van der Waals surface area contributed by atoms with E-state index >= 15 is 0 Å². The number of para-hydroxylation sites is 1. The van der Waals surface area contributed by atoms with Crippen molar-refractivity contribution in [3.05, 3.63) is 40.0 Å². The smallest absolute Gasteiger partial charge is 0.274 e. The molecular formula is C13H10Cl2FN5O2S2. The Kier molecular flexibility index (Phi) is 5.05. The summed E-state index contributed by atoms with van der Waals surface area (Å²) in [6.07, 6.45) is 1.74. The van der Waals surface area contributed by atoms with Gasteiger partial charge in [-0.1, -0.05) is 29.3 Å². The number of nitrogens with one attached hydrogen (secondary N) is 1. The van der Waals surface area contributed by atoms with Crippen LogP contribution in [0.25, 0.3) is 5.78 Å². The molecule has 0 saturated carbocycles. The molecular weight excluding hydrogens is 412 g/mol. The van der Waals surface area contributed by atoms with Crippen LogP contribution < -0.4 is 4.72 Å². The molecule has 0 spiro atoms. The van der Waals surface area contributed by atoms with Crippen molar-refractivity contribution in [1.82, 2.24) is 19.6 Å². The molecule has 0 saturated heterocycles. The van der Waals surface area contributed by atoms with Crippen LogP contribution in [0.2, 0.25) is 10.0 Å². The van der Waals surface area contributed by atoms with Gasteiger partial charge in [-0.2, -0.15) is 17.9 Å². The number of alkyl halides is 1. The van der Waals surface area contributed by atoms with Crippen LogP contribution in [-0.2, 0) is 16.7 Å². The molecule has 0 aliphatic heterocycles. The van der Waals surface area contributed by atoms with Gasteiger partial charge in [0.15, 0.2) is 0 Å². The number of hydrogen-bond acceptors (Lipinski definition) is 6. The molecule has 0 aliphatic carbocycles. The van der Waals surface area contributed by atoms with Crippen LogP contribution >= 0.6 is 35.0 Å². The number of aromatic nitrogens is 4. The summed E-state index contributed by atoms with van der Waals surface area (Å²) in [6.45, 7) is -0.799. The molecule has 0 unspecified atom stereocenters. The van der Waals surface area contributed by atoms with Crippen LogP contribution in [0.15, 0.2) is 34.4 Å². The number of sulfonamides is 1. The Balaban J connectivity index is 2.09. The molecule has 2 aromatic heterocycles. The second-order valence-electron chi connectivity index (χ2n) is 4.73. The van der Waals surface area contributed by atoms with Gasteiger partial charge in [0.25, 0.3) is 21.0 Å². The molecule has 0 aliphatic rings. The highest BCUT2D eigenvalue weighted by Gasteiger charge is 2.24. The monoisotopic (exact) mass is 421 g/mol. The SMILES string of the molecule is CSc1cc(CF)nc2nc(S(=O)(=O)Nc3c(Cl)cccc3Cl)nn12. The lowest BCUT2D eigenvalue weighted by Crippen LogP contribution is -2.15. The number of thioether (sulfide) groups is 1. The molecule has 12 heteroatoms. The Bertz CT molecular complexity index is 1040. The Morgan fingerprint density at radius 2 is 1.96 bits per heavy atom. The van der Waals surface area contributed by atoms with Crippen molar-refractivity contribution in [2.24, 2.45) is 0 Å². The maximum atomic E-state index is 12.9. The van der Waals surface area contributed by atoms with Gasteiger partial charge in [-0.3, -0.25) is 4.72 Å². The third kappa shape index (κ3) is 3.52. The molecule has 0 atom stereocenters. The van der Waals surface area contributed by atoms with Gasteiger partial charge in [-0.25, -0.2) is 9.37 Å². The van der Waals surface area contributed by atoms with E-state index in [1.54, 1.807) is 12.3 Å². The van der Waals surface area contributed by atoms with Gasteiger partial charge in [-0.05, 0) is 24.5 Å². The van der Waals surface area contributed by atoms with Gasteiger partial charge in [0.1, 0.15) is 11.7 Å². The Morgan fingerprint density at radius 1 is 1.28 bits per heavy atom. The number of halogens is 3. The maximum Gasteiger partial charge on any atom is 0.299 e. The second kappa shape index (κ2) is 6.94. The van der Waals surface area contributed by atoms with E-state index in [-0.39, 0.29) is 27.2 Å². The molecule has 7 nitrogen and oxygen atoms in total. The second-order valence-corrected chi connectivity index (χ2v) is 7.95. The predicted octanol–water partition coefficient (Wildman–Crippen LogP) is 3.42. The third-order valence-corrected chi connectivity index (χ3v) is 5.56. The van der Waals surface area contributed by atoms with Crippen LogP contribution in [0.4, 0.5) is 10.1 Å². The van der Waals surface area contributed by atoms with Crippen molar-refractivity contribution in [2.45, 2.75) is 16.9 Å². The summed E-state index contributed by atoms with van der Waals surface area (Å²) in [7, 11) is -4.17. The van der Waals surface area contributed by atoms with Crippen LogP contribution in [0.3, 0.4) is 0 Å². The highest BCUT2D eigenvalue weighted by molar-refractivity contribution is 7.98. The number of anilines is 1. The lowest BCUT2D eigenvalue weighted by Gasteiger charge is -2.08. The Hall–Kier alpha value is -1.62. The zero-order valence-electron chi connectivity index (χ0n) is 12.6. The van der Waals surface area contributed by atoms with Crippen LogP contribution in [0.1, 0.15) is 5.69 Å². The highest BCUT2D eigenvalue weighted by Crippen LogP contribution is 2.31. The van der Waals surface area contributed by atoms with Gasteiger partial charge in [-0.15, -0.1) is 16.9 Å². The van der Waals surface area contributed by atoms with Gasteiger partial charge in [0.2, 0.25) is 0 Å². The fourth-order valence-corrected chi connectivity index (χ4v) is 4.10. The minimum Gasteiger partial charge on any atom is -0.274 e. The summed E-state index contributed by atoms with van der Waals surface area (Å²) >= 11 is 13.2. The van der Waals surface area contributed by atoms with Crippen molar-refractivity contribution >= 4 is 56.5 Å². The van der Waals surface area contributed by atoms with Gasteiger partial charge >= 0.3 is 0 Å². The number of rotatable bonds is 5. The van der Waals surface area contributed by atoms with E-state index in [4.69, 9.17) is 23.2 Å². The molecule has 1 N–H and O–H groups in total. The van der Waals surface area contributed by atoms with E-state index in [2.05, 4.69) is 19.8 Å². The van der Waals surface area contributed by atoms with E-state index in [0.29, 0.717) is 5.03 Å². The fraction of sp³-hybridized carbons (Fsp3) is 0.154. The van der Waals surface area contributed by atoms with E-state index in [1.165, 1.54) is 34.5 Å². The highest BCUT2D eigenvalue weighted by atomic mass is 35.5. The Morgan fingerprint density at radius 3 is 2.56 bits per heavy atom. The van der Waals surface area contributed by atoms with Crippen LogP contribution in [0.5, 0.6) is 0 Å². The number of nitrogens with zero attached hydrogens (tertiary/aromatic N) is 4. The number of benzene rings is 1. The van der Waals surface area contributed by atoms with E-state index in [0.717, 1.165) is 0 Å². The zero-order valence-corrected chi connectivity index (χ0v) is 15.7. The van der Waals surface area contributed by atoms with Crippen molar-refractivity contribution in [2.75, 3.05) is 11.0 Å². The zero-order chi connectivity index (χ0) is 18.2. The van der Waals surface area contributed by atoms with Crippen LogP contribution in [0, 0.1) is 0 Å². The van der Waals surface area contributed by atoms with Crippen LogP contribution in [-0.4, -0.2) is 34.3 Å². The first kappa shape index (κ1) is 18.2. The number of fused-ring (bicyclic) bond motifs is 1. The Labute approximate surface area is 156 Å². The van der Waals surface area contributed by atoms with Gasteiger partial charge in [0, 0.05) is 0 Å². The molecule has 3 aromatic rings. The molecule has 0 bridgehead atoms. The quantitative estimate of drug-likeness (QED) is 0.501. The largest absolute Gasteiger partial charge is 0.299 e. The number of hydrogen-bond donors (Lipinski definition) is 1. The molecule has 132 valence electrons. The average molecular weight is 422 g/mol. The lowest BCUT2D eigenvalue weighted by molar-refractivity contribution is 0.474. The topological polar surface area (TPSA) is 89.2 Å². The first-order valence-corrected chi connectivity index (χ1v) is 10.2. The standard InChI is InChI=1S/C13H10Cl2FN5O2S2/c1-24-10-5-7(6-16)17-12-18-13(19-21(10)12)25(22,23)20-11-8(14)3-2-4-9(11)15/h2-5,20H,6H2,1H3. The van der Waals surface area contributed by atoms with Gasteiger partial charge in [0.05, 0.1) is 21.4 Å². The van der Waals surface area contributed by atoms with Gasteiger partial charge < -0.3 is 0 Å². The van der Waals surface area contributed by atoms with E-state index in [9.17, 15) is 12.8 Å². The summed E-state index contributed by atoms with van der Waals surface area (Å²) in [5.74, 6) is -0.0230. The summed E-state index contributed by atoms with van der Waals surface area (Å²) in [4.78, 5) is 7.82. The molecule has 3 rings (SSSR count). The molecule has 2 heterocycles. The molecule has 0 amide bonds. The van der Waals surface area contributed by atoms with Crippen molar-refractivity contribution in [3.63, 3.8) is 0 Å². The van der Waals surface area contributed by atoms with E-state index in [1.807, 2.05) is 0 Å².